The fraction of sp³-hybridized carbons (Fsp3) is 0.481. The SMILES string of the molecule is CCC(C(=O)NC1CCCCC1)N(Cc1ccc(Cl)cc1Cl)C(=O)CCCOc1ccccc1. The van der Waals surface area contributed by atoms with Crippen LogP contribution in [-0.4, -0.2) is 35.4 Å². The van der Waals surface area contributed by atoms with Crippen molar-refractivity contribution < 1.29 is 14.3 Å². The van der Waals surface area contributed by atoms with Crippen LogP contribution < -0.4 is 10.1 Å². The van der Waals surface area contributed by atoms with Crippen molar-refractivity contribution in [1.29, 1.82) is 0 Å². The van der Waals surface area contributed by atoms with Gasteiger partial charge < -0.3 is 15.0 Å². The molecule has 3 rings (SSSR count). The van der Waals surface area contributed by atoms with Crippen LogP contribution in [0.3, 0.4) is 0 Å². The van der Waals surface area contributed by atoms with Crippen LogP contribution in [0.1, 0.15) is 63.9 Å². The quantitative estimate of drug-likeness (QED) is 0.359. The molecule has 7 heteroatoms. The highest BCUT2D eigenvalue weighted by molar-refractivity contribution is 6.35. The summed E-state index contributed by atoms with van der Waals surface area (Å²) in [6.45, 7) is 2.62. The molecule has 0 spiro atoms. The molecule has 5 nitrogen and oxygen atoms in total. The summed E-state index contributed by atoms with van der Waals surface area (Å²) in [5.74, 6) is 0.597. The highest BCUT2D eigenvalue weighted by Gasteiger charge is 2.30. The molecule has 2 amide bonds. The van der Waals surface area contributed by atoms with E-state index in [-0.39, 0.29) is 30.8 Å². The Labute approximate surface area is 212 Å². The van der Waals surface area contributed by atoms with Gasteiger partial charge in [-0.15, -0.1) is 0 Å². The summed E-state index contributed by atoms with van der Waals surface area (Å²) in [6.07, 6.45) is 6.83. The summed E-state index contributed by atoms with van der Waals surface area (Å²) in [7, 11) is 0. The van der Waals surface area contributed by atoms with E-state index in [0.717, 1.165) is 37.0 Å². The third-order valence-corrected chi connectivity index (χ3v) is 6.83. The van der Waals surface area contributed by atoms with E-state index in [2.05, 4.69) is 5.32 Å². The minimum Gasteiger partial charge on any atom is -0.494 e. The maximum absolute atomic E-state index is 13.4. The molecule has 0 radical (unpaired) electrons. The summed E-state index contributed by atoms with van der Waals surface area (Å²) in [6, 6.07) is 14.4. The Bertz CT molecular complexity index is 933. The Morgan fingerprint density at radius 2 is 1.82 bits per heavy atom. The van der Waals surface area contributed by atoms with Gasteiger partial charge in [0, 0.05) is 29.1 Å². The standard InChI is InChI=1S/C27H34Cl2N2O3/c1-2-25(27(33)30-22-10-5-3-6-11-22)31(19-20-15-16-21(28)18-24(20)29)26(32)14-9-17-34-23-12-7-4-8-13-23/h4,7-8,12-13,15-16,18,22,25H,2-3,5-6,9-11,14,17,19H2,1H3,(H,30,33). The number of benzene rings is 2. The van der Waals surface area contributed by atoms with E-state index >= 15 is 0 Å². The van der Waals surface area contributed by atoms with Crippen LogP contribution in [0.25, 0.3) is 0 Å². The van der Waals surface area contributed by atoms with Gasteiger partial charge in [0.15, 0.2) is 0 Å². The second-order valence-electron chi connectivity index (χ2n) is 8.79. The molecule has 1 N–H and O–H groups in total. The molecule has 2 aromatic carbocycles. The number of carbonyl (C=O) groups excluding carboxylic acids is 2. The van der Waals surface area contributed by atoms with Gasteiger partial charge in [-0.25, -0.2) is 0 Å². The van der Waals surface area contributed by atoms with Crippen LogP contribution in [0, 0.1) is 0 Å². The fourth-order valence-electron chi connectivity index (χ4n) is 4.37. The van der Waals surface area contributed by atoms with E-state index in [9.17, 15) is 9.59 Å². The van der Waals surface area contributed by atoms with E-state index in [1.807, 2.05) is 43.3 Å². The topological polar surface area (TPSA) is 58.6 Å². The molecule has 1 atom stereocenters. The first kappa shape index (κ1) is 26.4. The van der Waals surface area contributed by atoms with Crippen LogP contribution in [-0.2, 0) is 16.1 Å². The van der Waals surface area contributed by atoms with Gasteiger partial charge in [-0.2, -0.15) is 0 Å². The first-order valence-corrected chi connectivity index (χ1v) is 12.9. The molecule has 0 saturated heterocycles. The van der Waals surface area contributed by atoms with Crippen LogP contribution in [0.4, 0.5) is 0 Å². The van der Waals surface area contributed by atoms with Gasteiger partial charge in [0.1, 0.15) is 11.8 Å². The molecule has 1 saturated carbocycles. The van der Waals surface area contributed by atoms with Gasteiger partial charge in [0.05, 0.1) is 6.61 Å². The monoisotopic (exact) mass is 504 g/mol. The van der Waals surface area contributed by atoms with Gasteiger partial charge in [-0.1, -0.05) is 73.7 Å². The van der Waals surface area contributed by atoms with Crippen molar-refractivity contribution in [3.63, 3.8) is 0 Å². The molecule has 0 heterocycles. The minimum absolute atomic E-state index is 0.0895. The largest absolute Gasteiger partial charge is 0.494 e. The summed E-state index contributed by atoms with van der Waals surface area (Å²) in [5.41, 5.74) is 0.767. The van der Waals surface area contributed by atoms with Crippen molar-refractivity contribution in [2.45, 2.75) is 76.9 Å². The average Bonchev–Trinajstić information content (AvgIpc) is 2.84. The van der Waals surface area contributed by atoms with Crippen molar-refractivity contribution in [3.05, 3.63) is 64.1 Å². The number of para-hydroxylation sites is 1. The first-order chi connectivity index (χ1) is 16.5. The zero-order chi connectivity index (χ0) is 24.3. The van der Waals surface area contributed by atoms with E-state index in [4.69, 9.17) is 27.9 Å². The first-order valence-electron chi connectivity index (χ1n) is 12.2. The smallest absolute Gasteiger partial charge is 0.243 e. The van der Waals surface area contributed by atoms with E-state index in [1.54, 1.807) is 17.0 Å². The summed E-state index contributed by atoms with van der Waals surface area (Å²) >= 11 is 12.5. The second-order valence-corrected chi connectivity index (χ2v) is 9.63. The molecule has 184 valence electrons. The molecule has 2 aromatic rings. The Kier molecular flexibility index (Phi) is 10.5. The summed E-state index contributed by atoms with van der Waals surface area (Å²) < 4.78 is 5.74. The number of ether oxygens (including phenoxy) is 1. The van der Waals surface area contributed by atoms with Gasteiger partial charge >= 0.3 is 0 Å². The van der Waals surface area contributed by atoms with Crippen molar-refractivity contribution in [1.82, 2.24) is 10.2 Å². The molecule has 34 heavy (non-hydrogen) atoms. The van der Waals surface area contributed by atoms with Crippen molar-refractivity contribution in [2.24, 2.45) is 0 Å². The molecule has 1 aliphatic carbocycles. The third-order valence-electron chi connectivity index (χ3n) is 6.24. The lowest BCUT2D eigenvalue weighted by atomic mass is 9.95. The number of amides is 2. The van der Waals surface area contributed by atoms with Crippen molar-refractivity contribution >= 4 is 35.0 Å². The van der Waals surface area contributed by atoms with Gasteiger partial charge in [0.25, 0.3) is 0 Å². The van der Waals surface area contributed by atoms with Gasteiger partial charge in [0.2, 0.25) is 11.8 Å². The Morgan fingerprint density at radius 1 is 1.09 bits per heavy atom. The zero-order valence-corrected chi connectivity index (χ0v) is 21.3. The van der Waals surface area contributed by atoms with Crippen LogP contribution in [0.2, 0.25) is 10.0 Å². The summed E-state index contributed by atoms with van der Waals surface area (Å²) in [5, 5.41) is 4.21. The number of carbonyl (C=O) groups is 2. The number of hydrogen-bond acceptors (Lipinski definition) is 3. The lowest BCUT2D eigenvalue weighted by molar-refractivity contribution is -0.142. The molecule has 1 aliphatic rings. The molecule has 0 aliphatic heterocycles. The van der Waals surface area contributed by atoms with E-state index in [0.29, 0.717) is 29.5 Å². The lowest BCUT2D eigenvalue weighted by Gasteiger charge is -2.33. The number of nitrogens with one attached hydrogen (secondary N) is 1. The predicted octanol–water partition coefficient (Wildman–Crippen LogP) is 6.41. The Morgan fingerprint density at radius 3 is 2.50 bits per heavy atom. The molecule has 0 aromatic heterocycles. The van der Waals surface area contributed by atoms with Crippen molar-refractivity contribution in [2.75, 3.05) is 6.61 Å². The van der Waals surface area contributed by atoms with Crippen molar-refractivity contribution in [3.8, 4) is 5.75 Å². The second kappa shape index (κ2) is 13.6. The highest BCUT2D eigenvalue weighted by Crippen LogP contribution is 2.25. The molecule has 1 fully saturated rings. The fourth-order valence-corrected chi connectivity index (χ4v) is 4.84. The molecular weight excluding hydrogens is 471 g/mol. The van der Waals surface area contributed by atoms with Crippen LogP contribution in [0.15, 0.2) is 48.5 Å². The highest BCUT2D eigenvalue weighted by atomic mass is 35.5. The number of nitrogens with zero attached hydrogens (tertiary/aromatic N) is 1. The lowest BCUT2D eigenvalue weighted by Crippen LogP contribution is -2.51. The predicted molar refractivity (Wildman–Crippen MR) is 137 cm³/mol. The maximum Gasteiger partial charge on any atom is 0.243 e. The Balaban J connectivity index is 1.68. The Hall–Kier alpha value is -2.24. The summed E-state index contributed by atoms with van der Waals surface area (Å²) in [4.78, 5) is 28.3. The third kappa shape index (κ3) is 7.92. The van der Waals surface area contributed by atoms with Gasteiger partial charge in [-0.05, 0) is 55.5 Å². The molecular formula is C27H34Cl2N2O3. The normalized spacial score (nSPS) is 14.9. The minimum atomic E-state index is -0.559. The van der Waals surface area contributed by atoms with Crippen LogP contribution >= 0.6 is 23.2 Å². The van der Waals surface area contributed by atoms with Gasteiger partial charge in [-0.3, -0.25) is 9.59 Å². The zero-order valence-electron chi connectivity index (χ0n) is 19.8. The average molecular weight is 505 g/mol. The number of halogens is 2. The number of hydrogen-bond donors (Lipinski definition) is 1. The number of rotatable bonds is 11. The van der Waals surface area contributed by atoms with E-state index < -0.39 is 6.04 Å². The maximum atomic E-state index is 13.4. The van der Waals surface area contributed by atoms with E-state index in [1.165, 1.54) is 6.42 Å². The molecule has 1 unspecified atom stereocenters. The molecule has 0 bridgehead atoms. The van der Waals surface area contributed by atoms with Crippen LogP contribution in [0.5, 0.6) is 5.75 Å².